The third-order valence-electron chi connectivity index (χ3n) is 4.11. The van der Waals surface area contributed by atoms with E-state index in [1.165, 1.54) is 19.5 Å². The van der Waals surface area contributed by atoms with E-state index in [1.54, 1.807) is 42.7 Å². The first-order chi connectivity index (χ1) is 14.0. The van der Waals surface area contributed by atoms with Gasteiger partial charge in [0.1, 0.15) is 23.5 Å². The van der Waals surface area contributed by atoms with E-state index in [-0.39, 0.29) is 12.1 Å². The van der Waals surface area contributed by atoms with Gasteiger partial charge in [-0.2, -0.15) is 0 Å². The number of rotatable bonds is 7. The average molecular weight is 413 g/mol. The smallest absolute Gasteiger partial charge is 0.305 e. The summed E-state index contributed by atoms with van der Waals surface area (Å²) in [6.07, 6.45) is 4.16. The maximum absolute atomic E-state index is 12.8. The molecule has 0 radical (unpaired) electrons. The lowest BCUT2D eigenvalue weighted by Gasteiger charge is -2.19. The van der Waals surface area contributed by atoms with E-state index in [4.69, 9.17) is 16.3 Å². The van der Waals surface area contributed by atoms with Gasteiger partial charge in [-0.1, -0.05) is 29.8 Å². The summed E-state index contributed by atoms with van der Waals surface area (Å²) < 4.78 is 5.31. The standard InChI is InChI=1S/C20H17ClN4O4/c1-29-17-7-6-15(24-19(17)12-9-22-11-23-10-12)20(28)25-16(8-18(26)27)13-4-2-3-5-14(13)21/h2-7,9-11,16H,8H2,1H3,(H,25,28)(H,26,27)/t16-/m0/s1. The summed E-state index contributed by atoms with van der Waals surface area (Å²) in [5, 5.41) is 12.3. The minimum atomic E-state index is -1.07. The Morgan fingerprint density at radius 1 is 1.17 bits per heavy atom. The van der Waals surface area contributed by atoms with Crippen LogP contribution in [0.2, 0.25) is 5.02 Å². The normalized spacial score (nSPS) is 11.5. The number of halogens is 1. The number of pyridine rings is 1. The zero-order valence-corrected chi connectivity index (χ0v) is 16.1. The molecule has 0 saturated carbocycles. The molecule has 9 heteroatoms. The van der Waals surface area contributed by atoms with Gasteiger partial charge in [0, 0.05) is 23.0 Å². The van der Waals surface area contributed by atoms with Gasteiger partial charge in [0.15, 0.2) is 0 Å². The molecule has 3 rings (SSSR count). The molecule has 1 atom stereocenters. The second kappa shape index (κ2) is 9.11. The lowest BCUT2D eigenvalue weighted by Crippen LogP contribution is -2.31. The maximum atomic E-state index is 12.8. The number of carboxylic acids is 1. The lowest BCUT2D eigenvalue weighted by molar-refractivity contribution is -0.137. The van der Waals surface area contributed by atoms with E-state index in [9.17, 15) is 14.7 Å². The molecule has 0 bridgehead atoms. The molecule has 0 unspecified atom stereocenters. The first-order valence-electron chi connectivity index (χ1n) is 8.57. The van der Waals surface area contributed by atoms with Crippen molar-refractivity contribution in [1.29, 1.82) is 0 Å². The topological polar surface area (TPSA) is 114 Å². The van der Waals surface area contributed by atoms with Crippen molar-refractivity contribution in [3.05, 3.63) is 71.4 Å². The van der Waals surface area contributed by atoms with Crippen LogP contribution in [0.3, 0.4) is 0 Å². The predicted molar refractivity (Wildman–Crippen MR) is 106 cm³/mol. The molecule has 1 aromatic carbocycles. The van der Waals surface area contributed by atoms with Crippen LogP contribution in [-0.2, 0) is 4.79 Å². The number of carbonyl (C=O) groups is 2. The maximum Gasteiger partial charge on any atom is 0.305 e. The largest absolute Gasteiger partial charge is 0.494 e. The van der Waals surface area contributed by atoms with Gasteiger partial charge in [0.2, 0.25) is 0 Å². The van der Waals surface area contributed by atoms with Gasteiger partial charge < -0.3 is 15.2 Å². The number of nitrogens with zero attached hydrogens (tertiary/aromatic N) is 3. The first kappa shape index (κ1) is 20.2. The molecule has 1 amide bonds. The Bertz CT molecular complexity index is 1030. The summed E-state index contributed by atoms with van der Waals surface area (Å²) in [5.74, 6) is -1.17. The van der Waals surface area contributed by atoms with E-state index < -0.39 is 17.9 Å². The molecule has 0 spiro atoms. The number of carbonyl (C=O) groups excluding carboxylic acids is 1. The first-order valence-corrected chi connectivity index (χ1v) is 8.95. The van der Waals surface area contributed by atoms with Gasteiger partial charge in [0.05, 0.1) is 19.6 Å². The van der Waals surface area contributed by atoms with Gasteiger partial charge in [-0.3, -0.25) is 9.59 Å². The predicted octanol–water partition coefficient (Wildman–Crippen LogP) is 3.15. The van der Waals surface area contributed by atoms with E-state index >= 15 is 0 Å². The molecule has 0 fully saturated rings. The Balaban J connectivity index is 1.92. The summed E-state index contributed by atoms with van der Waals surface area (Å²) in [7, 11) is 1.49. The molecule has 29 heavy (non-hydrogen) atoms. The third kappa shape index (κ3) is 4.85. The number of carboxylic acid groups (broad SMARTS) is 1. The number of hydrogen-bond acceptors (Lipinski definition) is 6. The number of aromatic nitrogens is 3. The van der Waals surface area contributed by atoms with Crippen LogP contribution in [0.25, 0.3) is 11.3 Å². The van der Waals surface area contributed by atoms with Gasteiger partial charge in [0.25, 0.3) is 5.91 Å². The van der Waals surface area contributed by atoms with Gasteiger partial charge >= 0.3 is 5.97 Å². The van der Waals surface area contributed by atoms with Crippen LogP contribution in [0.4, 0.5) is 0 Å². The number of methoxy groups -OCH3 is 1. The zero-order chi connectivity index (χ0) is 20.8. The summed E-state index contributed by atoms with van der Waals surface area (Å²) in [6, 6.07) is 9.03. The van der Waals surface area contributed by atoms with Crippen LogP contribution in [0.15, 0.2) is 55.1 Å². The molecule has 0 aliphatic heterocycles. The molecule has 148 valence electrons. The summed E-state index contributed by atoms with van der Waals surface area (Å²) in [6.45, 7) is 0. The van der Waals surface area contributed by atoms with Crippen molar-refractivity contribution in [1.82, 2.24) is 20.3 Å². The van der Waals surface area contributed by atoms with Gasteiger partial charge in [-0.15, -0.1) is 0 Å². The Kier molecular flexibility index (Phi) is 6.36. The van der Waals surface area contributed by atoms with Crippen molar-refractivity contribution >= 4 is 23.5 Å². The second-order valence-electron chi connectivity index (χ2n) is 6.02. The Morgan fingerprint density at radius 2 is 1.90 bits per heavy atom. The van der Waals surface area contributed by atoms with Crippen molar-refractivity contribution in [3.63, 3.8) is 0 Å². The molecular weight excluding hydrogens is 396 g/mol. The van der Waals surface area contributed by atoms with Crippen molar-refractivity contribution in [2.75, 3.05) is 7.11 Å². The Hall–Kier alpha value is -3.52. The molecule has 2 aromatic heterocycles. The fourth-order valence-electron chi connectivity index (χ4n) is 2.77. The molecule has 0 aliphatic carbocycles. The Labute approximate surface area is 171 Å². The molecule has 2 heterocycles. The highest BCUT2D eigenvalue weighted by atomic mass is 35.5. The van der Waals surface area contributed by atoms with Crippen LogP contribution in [-0.4, -0.2) is 39.0 Å². The number of benzene rings is 1. The van der Waals surface area contributed by atoms with Crippen LogP contribution in [0.5, 0.6) is 5.75 Å². The van der Waals surface area contributed by atoms with Crippen molar-refractivity contribution in [2.45, 2.75) is 12.5 Å². The molecule has 8 nitrogen and oxygen atoms in total. The number of ether oxygens (including phenoxy) is 1. The lowest BCUT2D eigenvalue weighted by atomic mass is 10.0. The average Bonchev–Trinajstić information content (AvgIpc) is 2.73. The van der Waals surface area contributed by atoms with Gasteiger partial charge in [-0.25, -0.2) is 15.0 Å². The quantitative estimate of drug-likeness (QED) is 0.612. The SMILES string of the molecule is COc1ccc(C(=O)N[C@@H](CC(=O)O)c2ccccc2Cl)nc1-c1cncnc1. The van der Waals surface area contributed by atoms with Crippen LogP contribution in [0.1, 0.15) is 28.5 Å². The molecular formula is C20H17ClN4O4. The van der Waals surface area contributed by atoms with Crippen LogP contribution >= 0.6 is 11.6 Å². The van der Waals surface area contributed by atoms with Crippen molar-refractivity contribution in [2.24, 2.45) is 0 Å². The number of amides is 1. The number of hydrogen-bond donors (Lipinski definition) is 2. The zero-order valence-electron chi connectivity index (χ0n) is 15.4. The highest BCUT2D eigenvalue weighted by Crippen LogP contribution is 2.28. The van der Waals surface area contributed by atoms with Crippen LogP contribution in [0, 0.1) is 0 Å². The summed E-state index contributed by atoms with van der Waals surface area (Å²) in [4.78, 5) is 36.4. The molecule has 0 aliphatic rings. The summed E-state index contributed by atoms with van der Waals surface area (Å²) in [5.41, 5.74) is 1.57. The van der Waals surface area contributed by atoms with E-state index in [1.807, 2.05) is 0 Å². The fraction of sp³-hybridized carbons (Fsp3) is 0.150. The number of aliphatic carboxylic acids is 1. The monoisotopic (exact) mass is 412 g/mol. The Morgan fingerprint density at radius 3 is 2.55 bits per heavy atom. The fourth-order valence-corrected chi connectivity index (χ4v) is 3.04. The van der Waals surface area contributed by atoms with Gasteiger partial charge in [-0.05, 0) is 23.8 Å². The highest BCUT2D eigenvalue weighted by molar-refractivity contribution is 6.31. The van der Waals surface area contributed by atoms with Crippen molar-refractivity contribution in [3.8, 4) is 17.0 Å². The van der Waals surface area contributed by atoms with E-state index in [0.717, 1.165) is 0 Å². The van der Waals surface area contributed by atoms with E-state index in [2.05, 4.69) is 20.3 Å². The minimum absolute atomic E-state index is 0.0899. The third-order valence-corrected chi connectivity index (χ3v) is 4.45. The van der Waals surface area contributed by atoms with Crippen LogP contribution < -0.4 is 10.1 Å². The molecule has 2 N–H and O–H groups in total. The number of nitrogens with one attached hydrogen (secondary N) is 1. The second-order valence-corrected chi connectivity index (χ2v) is 6.43. The summed E-state index contributed by atoms with van der Waals surface area (Å²) >= 11 is 6.19. The highest BCUT2D eigenvalue weighted by Gasteiger charge is 2.22. The molecule has 0 saturated heterocycles. The van der Waals surface area contributed by atoms with Crippen molar-refractivity contribution < 1.29 is 19.4 Å². The molecule has 3 aromatic rings. The minimum Gasteiger partial charge on any atom is -0.494 e. The van der Waals surface area contributed by atoms with E-state index in [0.29, 0.717) is 27.6 Å².